The summed E-state index contributed by atoms with van der Waals surface area (Å²) in [5, 5.41) is 26.5. The van der Waals surface area contributed by atoms with Crippen molar-refractivity contribution in [2.75, 3.05) is 12.4 Å². The standard InChI is InChI=1S/C23H24N6O2S.C4H4O4/c1-31-21-9-7-17-22(27-21)18(10-11-24-17)26-23(30)15-3-5-16(6-4-15)25-13-14-2-8-20-19(12-14)28-29-32-20;5-3(6)1-2-4(7)8/h2,7-12,15-16,25H,3-6,13H2,1H3,(H,24,26,30);1-2H,(H,5,6)(H,7,8)/b;2-1+. The molecule has 0 radical (unpaired) electrons. The van der Waals surface area contributed by atoms with Crippen molar-refractivity contribution in [1.29, 1.82) is 0 Å². The van der Waals surface area contributed by atoms with E-state index in [0.29, 0.717) is 35.3 Å². The molecule has 0 atom stereocenters. The number of pyridine rings is 2. The van der Waals surface area contributed by atoms with Gasteiger partial charge >= 0.3 is 11.9 Å². The molecule has 1 saturated carbocycles. The molecule has 5 rings (SSSR count). The van der Waals surface area contributed by atoms with Crippen molar-refractivity contribution in [2.24, 2.45) is 5.92 Å². The number of carboxylic acids is 2. The summed E-state index contributed by atoms with van der Waals surface area (Å²) in [4.78, 5) is 40.8. The van der Waals surface area contributed by atoms with E-state index in [2.05, 4.69) is 48.4 Å². The molecule has 0 aliphatic heterocycles. The summed E-state index contributed by atoms with van der Waals surface area (Å²) < 4.78 is 10.3. The number of hydrogen-bond donors (Lipinski definition) is 4. The summed E-state index contributed by atoms with van der Waals surface area (Å²) in [6.07, 6.45) is 6.47. The number of benzene rings is 1. The predicted molar refractivity (Wildman–Crippen MR) is 149 cm³/mol. The molecule has 1 fully saturated rings. The molecule has 40 heavy (non-hydrogen) atoms. The number of carbonyl (C=O) groups is 3. The van der Waals surface area contributed by atoms with Crippen molar-refractivity contribution in [3.8, 4) is 5.88 Å². The number of nitrogens with zero attached hydrogens (tertiary/aromatic N) is 4. The van der Waals surface area contributed by atoms with E-state index >= 15 is 0 Å². The highest BCUT2D eigenvalue weighted by molar-refractivity contribution is 7.12. The molecule has 3 aromatic heterocycles. The van der Waals surface area contributed by atoms with Gasteiger partial charge in [0.25, 0.3) is 0 Å². The lowest BCUT2D eigenvalue weighted by atomic mass is 9.85. The van der Waals surface area contributed by atoms with Crippen LogP contribution in [0, 0.1) is 5.92 Å². The van der Waals surface area contributed by atoms with Crippen LogP contribution in [0.1, 0.15) is 31.2 Å². The minimum Gasteiger partial charge on any atom is -0.481 e. The Morgan fingerprint density at radius 2 is 1.77 bits per heavy atom. The average Bonchev–Trinajstić information content (AvgIpc) is 3.43. The van der Waals surface area contributed by atoms with E-state index in [1.54, 1.807) is 25.4 Å². The van der Waals surface area contributed by atoms with E-state index in [9.17, 15) is 14.4 Å². The van der Waals surface area contributed by atoms with Crippen LogP contribution in [-0.4, -0.2) is 60.8 Å². The van der Waals surface area contributed by atoms with Crippen molar-refractivity contribution in [3.05, 3.63) is 60.3 Å². The molecule has 1 aliphatic rings. The Morgan fingerprint density at radius 3 is 2.48 bits per heavy atom. The van der Waals surface area contributed by atoms with Crippen LogP contribution in [0.2, 0.25) is 0 Å². The molecule has 12 nitrogen and oxygen atoms in total. The molecular formula is C27H28N6O6S. The highest BCUT2D eigenvalue weighted by Crippen LogP contribution is 2.28. The summed E-state index contributed by atoms with van der Waals surface area (Å²) in [6, 6.07) is 12.1. The Kier molecular flexibility index (Phi) is 9.65. The number of aromatic nitrogens is 4. The van der Waals surface area contributed by atoms with E-state index in [1.165, 1.54) is 17.1 Å². The molecule has 4 aromatic rings. The largest absolute Gasteiger partial charge is 0.481 e. The number of carbonyl (C=O) groups excluding carboxylic acids is 1. The number of hydrogen-bond acceptors (Lipinski definition) is 10. The topological polar surface area (TPSA) is 177 Å². The van der Waals surface area contributed by atoms with E-state index < -0.39 is 11.9 Å². The van der Waals surface area contributed by atoms with Gasteiger partial charge in [-0.05, 0) is 67.0 Å². The van der Waals surface area contributed by atoms with Crippen LogP contribution >= 0.6 is 11.5 Å². The predicted octanol–water partition coefficient (Wildman–Crippen LogP) is 3.64. The fourth-order valence-corrected chi connectivity index (χ4v) is 4.90. The van der Waals surface area contributed by atoms with Gasteiger partial charge in [0, 0.05) is 42.9 Å². The molecule has 0 spiro atoms. The van der Waals surface area contributed by atoms with Gasteiger partial charge in [-0.25, -0.2) is 14.6 Å². The van der Waals surface area contributed by atoms with Gasteiger partial charge in [-0.2, -0.15) is 0 Å². The van der Waals surface area contributed by atoms with Gasteiger partial charge in [0.05, 0.1) is 23.0 Å². The molecule has 0 bridgehead atoms. The van der Waals surface area contributed by atoms with Crippen molar-refractivity contribution < 1.29 is 29.3 Å². The van der Waals surface area contributed by atoms with Crippen LogP contribution in [-0.2, 0) is 20.9 Å². The molecule has 1 aliphatic carbocycles. The summed E-state index contributed by atoms with van der Waals surface area (Å²) >= 11 is 1.41. The number of ether oxygens (including phenoxy) is 1. The molecule has 13 heteroatoms. The lowest BCUT2D eigenvalue weighted by Gasteiger charge is -2.28. The zero-order chi connectivity index (χ0) is 28.5. The average molecular weight is 565 g/mol. The molecule has 4 N–H and O–H groups in total. The minimum absolute atomic E-state index is 0.000644. The first kappa shape index (κ1) is 28.5. The second kappa shape index (κ2) is 13.5. The molecule has 208 valence electrons. The van der Waals surface area contributed by atoms with E-state index in [4.69, 9.17) is 14.9 Å². The third kappa shape index (κ3) is 7.77. The SMILES string of the molecule is COc1ccc2nccc(NC(=O)C3CCC(NCc4ccc5snnc5c4)CC3)c2n1.O=C(O)/C=C/C(=O)O. The van der Waals surface area contributed by atoms with Crippen LogP contribution in [0.25, 0.3) is 21.3 Å². The Bertz CT molecular complexity index is 1520. The lowest BCUT2D eigenvalue weighted by Crippen LogP contribution is -2.36. The third-order valence-electron chi connectivity index (χ3n) is 6.40. The van der Waals surface area contributed by atoms with E-state index in [0.717, 1.165) is 48.0 Å². The van der Waals surface area contributed by atoms with Gasteiger partial charge in [0.1, 0.15) is 11.0 Å². The number of fused-ring (bicyclic) bond motifs is 2. The quantitative estimate of drug-likeness (QED) is 0.230. The van der Waals surface area contributed by atoms with Gasteiger partial charge in [-0.3, -0.25) is 9.78 Å². The highest BCUT2D eigenvalue weighted by Gasteiger charge is 2.26. The number of amides is 1. The van der Waals surface area contributed by atoms with Crippen LogP contribution in [0.4, 0.5) is 5.69 Å². The fraction of sp³-hybridized carbons (Fsp3) is 0.296. The van der Waals surface area contributed by atoms with Gasteiger partial charge in [-0.15, -0.1) is 5.10 Å². The number of methoxy groups -OCH3 is 1. The number of carboxylic acid groups (broad SMARTS) is 2. The zero-order valence-corrected chi connectivity index (χ0v) is 22.4. The van der Waals surface area contributed by atoms with Crippen molar-refractivity contribution in [1.82, 2.24) is 24.9 Å². The molecule has 3 heterocycles. The number of rotatable bonds is 8. The number of aliphatic carboxylic acids is 2. The maximum absolute atomic E-state index is 12.9. The van der Waals surface area contributed by atoms with Gasteiger partial charge < -0.3 is 25.6 Å². The lowest BCUT2D eigenvalue weighted by molar-refractivity contribution is -0.134. The van der Waals surface area contributed by atoms with E-state index in [1.807, 2.05) is 6.07 Å². The Morgan fingerprint density at radius 1 is 1.02 bits per heavy atom. The van der Waals surface area contributed by atoms with Gasteiger partial charge in [-0.1, -0.05) is 10.6 Å². The normalized spacial score (nSPS) is 16.8. The molecular weight excluding hydrogens is 536 g/mol. The highest BCUT2D eigenvalue weighted by atomic mass is 32.1. The minimum atomic E-state index is -1.26. The maximum atomic E-state index is 12.9. The molecule has 0 unspecified atom stereocenters. The van der Waals surface area contributed by atoms with Crippen molar-refractivity contribution >= 4 is 56.3 Å². The summed E-state index contributed by atoms with van der Waals surface area (Å²) in [5.41, 5.74) is 4.19. The smallest absolute Gasteiger partial charge is 0.328 e. The first-order valence-electron chi connectivity index (χ1n) is 12.5. The second-order valence-electron chi connectivity index (χ2n) is 9.08. The molecule has 1 amide bonds. The van der Waals surface area contributed by atoms with Crippen LogP contribution in [0.15, 0.2) is 54.7 Å². The summed E-state index contributed by atoms with van der Waals surface area (Å²) in [5.74, 6) is -1.97. The first-order chi connectivity index (χ1) is 19.3. The Labute approximate surface area is 233 Å². The molecule has 0 saturated heterocycles. The van der Waals surface area contributed by atoms with Crippen LogP contribution in [0.3, 0.4) is 0 Å². The summed E-state index contributed by atoms with van der Waals surface area (Å²) in [7, 11) is 1.57. The molecule has 1 aromatic carbocycles. The summed E-state index contributed by atoms with van der Waals surface area (Å²) in [6.45, 7) is 0.797. The fourth-order valence-electron chi connectivity index (χ4n) is 4.36. The van der Waals surface area contributed by atoms with Gasteiger partial charge in [0.15, 0.2) is 0 Å². The Balaban J connectivity index is 0.000000406. The maximum Gasteiger partial charge on any atom is 0.328 e. The third-order valence-corrected chi connectivity index (χ3v) is 7.10. The monoisotopic (exact) mass is 564 g/mol. The van der Waals surface area contributed by atoms with Crippen molar-refractivity contribution in [3.63, 3.8) is 0 Å². The van der Waals surface area contributed by atoms with Gasteiger partial charge in [0.2, 0.25) is 11.8 Å². The number of anilines is 1. The van der Waals surface area contributed by atoms with Crippen LogP contribution < -0.4 is 15.4 Å². The van der Waals surface area contributed by atoms with Crippen LogP contribution in [0.5, 0.6) is 5.88 Å². The number of nitrogens with one attached hydrogen (secondary N) is 2. The second-order valence-corrected chi connectivity index (χ2v) is 9.87. The zero-order valence-electron chi connectivity index (χ0n) is 21.6. The Hall–Kier alpha value is -4.49. The van der Waals surface area contributed by atoms with Crippen molar-refractivity contribution in [2.45, 2.75) is 38.3 Å². The van der Waals surface area contributed by atoms with E-state index in [-0.39, 0.29) is 11.8 Å². The first-order valence-corrected chi connectivity index (χ1v) is 13.3.